The molecule has 1 fully saturated rings. The van der Waals surface area contributed by atoms with Gasteiger partial charge >= 0.3 is 0 Å². The van der Waals surface area contributed by atoms with Crippen LogP contribution in [0.15, 0.2) is 0 Å². The molecule has 1 aliphatic rings. The Morgan fingerprint density at radius 2 is 0.710 bits per heavy atom. The Morgan fingerprint density at radius 1 is 0.452 bits per heavy atom. The van der Waals surface area contributed by atoms with Crippen LogP contribution in [-0.4, -0.2) is 11.8 Å². The molecule has 182 valence electrons. The van der Waals surface area contributed by atoms with Crippen LogP contribution in [0.1, 0.15) is 155 Å². The first-order valence-corrected chi connectivity index (χ1v) is 14.0. The van der Waals surface area contributed by atoms with Gasteiger partial charge < -0.3 is 0 Å². The maximum absolute atomic E-state index is 12.2. The van der Waals surface area contributed by atoms with Crippen LogP contribution in [0.5, 0.6) is 0 Å². The van der Waals surface area contributed by atoms with Crippen molar-refractivity contribution in [2.45, 2.75) is 155 Å². The maximum Gasteiger partial charge on any atom is 0.230 e. The number of imide groups is 1. The van der Waals surface area contributed by atoms with Gasteiger partial charge in [-0.1, -0.05) is 142 Å². The van der Waals surface area contributed by atoms with Crippen molar-refractivity contribution < 1.29 is 9.59 Å². The number of rotatable bonds is 22. The first kappa shape index (κ1) is 28.2. The van der Waals surface area contributed by atoms with Crippen LogP contribution < -0.4 is 5.32 Å². The van der Waals surface area contributed by atoms with E-state index < -0.39 is 0 Å². The molecule has 0 aliphatic carbocycles. The van der Waals surface area contributed by atoms with E-state index in [2.05, 4.69) is 19.2 Å². The Balaban J connectivity index is 2.05. The third-order valence-corrected chi connectivity index (χ3v) is 7.14. The number of hydrogen-bond donors (Lipinski definition) is 1. The molecule has 3 nitrogen and oxygen atoms in total. The maximum atomic E-state index is 12.2. The largest absolute Gasteiger partial charge is 0.296 e. The fourth-order valence-electron chi connectivity index (χ4n) is 5.04. The molecule has 2 unspecified atom stereocenters. The highest BCUT2D eigenvalue weighted by molar-refractivity contribution is 6.04. The summed E-state index contributed by atoms with van der Waals surface area (Å²) in [5.74, 6) is -0.115. The van der Waals surface area contributed by atoms with Crippen molar-refractivity contribution in [1.29, 1.82) is 0 Å². The molecule has 3 heteroatoms. The van der Waals surface area contributed by atoms with Gasteiger partial charge in [0.1, 0.15) is 0 Å². The van der Waals surface area contributed by atoms with Gasteiger partial charge in [0.05, 0.1) is 0 Å². The van der Waals surface area contributed by atoms with Gasteiger partial charge in [-0.2, -0.15) is 0 Å². The average molecular weight is 436 g/mol. The minimum absolute atomic E-state index is 0.00185. The molecule has 0 spiro atoms. The summed E-state index contributed by atoms with van der Waals surface area (Å²) in [5, 5.41) is 2.61. The Labute approximate surface area is 193 Å². The fourth-order valence-corrected chi connectivity index (χ4v) is 5.04. The monoisotopic (exact) mass is 435 g/mol. The Kier molecular flexibility index (Phi) is 18.0. The van der Waals surface area contributed by atoms with Gasteiger partial charge in [0.25, 0.3) is 0 Å². The summed E-state index contributed by atoms with van der Waals surface area (Å²) in [6.07, 6.45) is 28.0. The summed E-state index contributed by atoms with van der Waals surface area (Å²) < 4.78 is 0. The van der Waals surface area contributed by atoms with Crippen molar-refractivity contribution in [3.05, 3.63) is 0 Å². The summed E-state index contributed by atoms with van der Waals surface area (Å²) in [4.78, 5) is 24.5. The highest BCUT2D eigenvalue weighted by Crippen LogP contribution is 2.30. The molecular formula is C28H53NO2. The molecule has 1 heterocycles. The van der Waals surface area contributed by atoms with Gasteiger partial charge in [-0.05, 0) is 12.8 Å². The Bertz CT molecular complexity index is 408. The van der Waals surface area contributed by atoms with Crippen molar-refractivity contribution in [2.24, 2.45) is 11.8 Å². The molecule has 1 saturated heterocycles. The number of unbranched alkanes of at least 4 members (excludes halogenated alkanes) is 18. The molecule has 0 radical (unpaired) electrons. The van der Waals surface area contributed by atoms with Crippen molar-refractivity contribution >= 4 is 11.8 Å². The summed E-state index contributed by atoms with van der Waals surface area (Å²) in [5.41, 5.74) is 0. The predicted molar refractivity (Wildman–Crippen MR) is 133 cm³/mol. The van der Waals surface area contributed by atoms with Gasteiger partial charge in [-0.15, -0.1) is 0 Å². The minimum atomic E-state index is -0.0555. The second-order valence-electron chi connectivity index (χ2n) is 10.0. The van der Waals surface area contributed by atoms with Crippen LogP contribution in [0.2, 0.25) is 0 Å². The van der Waals surface area contributed by atoms with Crippen LogP contribution >= 0.6 is 0 Å². The van der Waals surface area contributed by atoms with Gasteiger partial charge in [0.2, 0.25) is 11.8 Å². The van der Waals surface area contributed by atoms with Crippen LogP contribution in [-0.2, 0) is 9.59 Å². The molecule has 0 aromatic carbocycles. The summed E-state index contributed by atoms with van der Waals surface area (Å²) in [6, 6.07) is 0. The number of amides is 2. The van der Waals surface area contributed by atoms with E-state index in [0.29, 0.717) is 0 Å². The second kappa shape index (κ2) is 19.8. The number of carbonyl (C=O) groups excluding carboxylic acids is 2. The molecule has 0 aromatic rings. The second-order valence-corrected chi connectivity index (χ2v) is 10.0. The predicted octanol–water partition coefficient (Wildman–Crippen LogP) is 8.50. The van der Waals surface area contributed by atoms with Crippen molar-refractivity contribution in [3.8, 4) is 0 Å². The van der Waals surface area contributed by atoms with E-state index >= 15 is 0 Å². The first-order valence-electron chi connectivity index (χ1n) is 14.0. The molecular weight excluding hydrogens is 382 g/mol. The van der Waals surface area contributed by atoms with Gasteiger partial charge in [0, 0.05) is 11.8 Å². The molecule has 31 heavy (non-hydrogen) atoms. The zero-order chi connectivity index (χ0) is 22.6. The van der Waals surface area contributed by atoms with E-state index in [-0.39, 0.29) is 23.7 Å². The van der Waals surface area contributed by atoms with E-state index in [1.807, 2.05) is 0 Å². The van der Waals surface area contributed by atoms with Crippen LogP contribution in [0.3, 0.4) is 0 Å². The van der Waals surface area contributed by atoms with E-state index in [1.165, 1.54) is 116 Å². The van der Waals surface area contributed by atoms with E-state index in [9.17, 15) is 9.59 Å². The summed E-state index contributed by atoms with van der Waals surface area (Å²) in [6.45, 7) is 4.53. The highest BCUT2D eigenvalue weighted by atomic mass is 16.2. The van der Waals surface area contributed by atoms with Gasteiger partial charge in [-0.3, -0.25) is 14.9 Å². The molecule has 2 atom stereocenters. The summed E-state index contributed by atoms with van der Waals surface area (Å²) >= 11 is 0. The molecule has 1 rings (SSSR count). The number of nitrogens with one attached hydrogen (secondary N) is 1. The van der Waals surface area contributed by atoms with Crippen LogP contribution in [0, 0.1) is 11.8 Å². The lowest BCUT2D eigenvalue weighted by Gasteiger charge is -2.15. The van der Waals surface area contributed by atoms with Gasteiger partial charge in [-0.25, -0.2) is 0 Å². The first-order chi connectivity index (χ1) is 15.2. The standard InChI is InChI=1S/C28H53NO2/c1-3-5-7-9-11-13-15-17-19-21-23-25-26(28(31)29-27(25)30)24-22-20-18-16-14-12-10-8-6-4-2/h25-26H,3-24H2,1-2H3,(H,29,30,31). The van der Waals surface area contributed by atoms with E-state index in [0.717, 1.165) is 25.7 Å². The number of hydrogen-bond acceptors (Lipinski definition) is 2. The number of carbonyl (C=O) groups is 2. The Hall–Kier alpha value is -0.860. The quantitative estimate of drug-likeness (QED) is 0.137. The SMILES string of the molecule is CCCCCCCCCCCCC1C(=O)NC(=O)C1CCCCCCCCCCCC. The van der Waals surface area contributed by atoms with E-state index in [1.54, 1.807) is 0 Å². The van der Waals surface area contributed by atoms with Crippen molar-refractivity contribution in [2.75, 3.05) is 0 Å². The van der Waals surface area contributed by atoms with Crippen LogP contribution in [0.25, 0.3) is 0 Å². The fraction of sp³-hybridized carbons (Fsp3) is 0.929. The smallest absolute Gasteiger partial charge is 0.230 e. The third-order valence-electron chi connectivity index (χ3n) is 7.14. The zero-order valence-corrected chi connectivity index (χ0v) is 21.0. The van der Waals surface area contributed by atoms with Gasteiger partial charge in [0.15, 0.2) is 0 Å². The molecule has 1 N–H and O–H groups in total. The molecule has 0 aromatic heterocycles. The molecule has 0 saturated carbocycles. The summed E-state index contributed by atoms with van der Waals surface area (Å²) in [7, 11) is 0. The molecule has 0 bridgehead atoms. The highest BCUT2D eigenvalue weighted by Gasteiger charge is 2.40. The van der Waals surface area contributed by atoms with E-state index in [4.69, 9.17) is 0 Å². The molecule has 2 amide bonds. The lowest BCUT2D eigenvalue weighted by molar-refractivity contribution is -0.126. The topological polar surface area (TPSA) is 46.2 Å². The van der Waals surface area contributed by atoms with Crippen LogP contribution in [0.4, 0.5) is 0 Å². The normalized spacial score (nSPS) is 18.6. The lowest BCUT2D eigenvalue weighted by Crippen LogP contribution is -2.22. The van der Waals surface area contributed by atoms with Crippen molar-refractivity contribution in [3.63, 3.8) is 0 Å². The lowest BCUT2D eigenvalue weighted by atomic mass is 9.86. The molecule has 1 aliphatic heterocycles. The zero-order valence-electron chi connectivity index (χ0n) is 21.0. The Morgan fingerprint density at radius 3 is 1.00 bits per heavy atom. The third kappa shape index (κ3) is 14.0. The average Bonchev–Trinajstić information content (AvgIpc) is 3.03. The van der Waals surface area contributed by atoms with Crippen molar-refractivity contribution in [1.82, 2.24) is 5.32 Å². The minimum Gasteiger partial charge on any atom is -0.296 e.